The lowest BCUT2D eigenvalue weighted by Gasteiger charge is -2.25. The van der Waals surface area contributed by atoms with E-state index in [-0.39, 0.29) is 10.8 Å². The van der Waals surface area contributed by atoms with Crippen molar-refractivity contribution in [3.63, 3.8) is 0 Å². The second-order valence-electron chi connectivity index (χ2n) is 6.26. The third kappa shape index (κ3) is 4.60. The normalized spacial score (nSPS) is 16.0. The summed E-state index contributed by atoms with van der Waals surface area (Å²) in [5, 5.41) is 2.75. The maximum Gasteiger partial charge on any atom is 0.248 e. The molecule has 0 spiro atoms. The first-order valence-corrected chi connectivity index (χ1v) is 10.9. The SMILES string of the molecule is Cc1ccc(/C=C/C(=O)Nc2ccc(S(=O)(=O)N3CCCCC3)cc2)s1. The summed E-state index contributed by atoms with van der Waals surface area (Å²) in [5.41, 5.74) is 0.569. The third-order valence-corrected chi connectivity index (χ3v) is 7.11. The van der Waals surface area contributed by atoms with Crippen LogP contribution in [-0.4, -0.2) is 31.7 Å². The van der Waals surface area contributed by atoms with E-state index in [1.54, 1.807) is 41.7 Å². The molecule has 2 heterocycles. The van der Waals surface area contributed by atoms with Gasteiger partial charge >= 0.3 is 0 Å². The molecule has 1 N–H and O–H groups in total. The molecule has 0 radical (unpaired) electrons. The Labute approximate surface area is 158 Å². The van der Waals surface area contributed by atoms with E-state index in [4.69, 9.17) is 0 Å². The quantitative estimate of drug-likeness (QED) is 0.788. The van der Waals surface area contributed by atoms with Crippen LogP contribution in [0.2, 0.25) is 0 Å². The van der Waals surface area contributed by atoms with E-state index < -0.39 is 10.0 Å². The van der Waals surface area contributed by atoms with Gasteiger partial charge in [0.15, 0.2) is 0 Å². The number of rotatable bonds is 5. The maximum absolute atomic E-state index is 12.6. The van der Waals surface area contributed by atoms with Crippen molar-refractivity contribution in [3.05, 3.63) is 52.2 Å². The molecule has 1 amide bonds. The van der Waals surface area contributed by atoms with Gasteiger partial charge in [0.05, 0.1) is 4.90 Å². The summed E-state index contributed by atoms with van der Waals surface area (Å²) in [6.07, 6.45) is 6.13. The van der Waals surface area contributed by atoms with Gasteiger partial charge in [-0.2, -0.15) is 4.31 Å². The average molecular weight is 391 g/mol. The number of anilines is 1. The van der Waals surface area contributed by atoms with Gasteiger partial charge in [0.1, 0.15) is 0 Å². The van der Waals surface area contributed by atoms with Gasteiger partial charge in [0.25, 0.3) is 0 Å². The molecule has 26 heavy (non-hydrogen) atoms. The summed E-state index contributed by atoms with van der Waals surface area (Å²) in [6.45, 7) is 3.17. The van der Waals surface area contributed by atoms with Gasteiger partial charge in [-0.3, -0.25) is 4.79 Å². The van der Waals surface area contributed by atoms with Gasteiger partial charge in [-0.05, 0) is 62.2 Å². The molecule has 7 heteroatoms. The molecule has 1 aromatic carbocycles. The molecule has 0 saturated carbocycles. The molecule has 2 aromatic rings. The summed E-state index contributed by atoms with van der Waals surface area (Å²) < 4.78 is 26.8. The monoisotopic (exact) mass is 390 g/mol. The summed E-state index contributed by atoms with van der Waals surface area (Å²) >= 11 is 1.62. The van der Waals surface area contributed by atoms with Crippen LogP contribution in [0.1, 0.15) is 29.0 Å². The van der Waals surface area contributed by atoms with Crippen LogP contribution in [-0.2, 0) is 14.8 Å². The van der Waals surface area contributed by atoms with Crippen molar-refractivity contribution >= 4 is 39.0 Å². The molecule has 1 fully saturated rings. The van der Waals surface area contributed by atoms with Crippen molar-refractivity contribution in [2.75, 3.05) is 18.4 Å². The van der Waals surface area contributed by atoms with Crippen molar-refractivity contribution in [1.82, 2.24) is 4.31 Å². The van der Waals surface area contributed by atoms with Crippen molar-refractivity contribution in [1.29, 1.82) is 0 Å². The lowest BCUT2D eigenvalue weighted by atomic mass is 10.2. The topological polar surface area (TPSA) is 66.5 Å². The minimum absolute atomic E-state index is 0.248. The highest BCUT2D eigenvalue weighted by Gasteiger charge is 2.25. The number of amides is 1. The molecule has 1 aliphatic rings. The highest BCUT2D eigenvalue weighted by Crippen LogP contribution is 2.22. The van der Waals surface area contributed by atoms with Crippen LogP contribution in [0.4, 0.5) is 5.69 Å². The Kier molecular flexibility index (Phi) is 5.90. The standard InChI is InChI=1S/C19H22N2O3S2/c1-15-5-8-17(25-15)9-12-19(22)20-16-6-10-18(11-7-16)26(23,24)21-13-3-2-4-14-21/h5-12H,2-4,13-14H2,1H3,(H,20,22)/b12-9+. The Bertz CT molecular complexity index is 893. The summed E-state index contributed by atoms with van der Waals surface area (Å²) in [7, 11) is -3.44. The zero-order chi connectivity index (χ0) is 18.6. The van der Waals surface area contributed by atoms with Gasteiger partial charge in [-0.15, -0.1) is 11.3 Å². The fourth-order valence-electron chi connectivity index (χ4n) is 2.85. The van der Waals surface area contributed by atoms with Crippen molar-refractivity contribution < 1.29 is 13.2 Å². The van der Waals surface area contributed by atoms with E-state index in [1.165, 1.54) is 15.3 Å². The lowest BCUT2D eigenvalue weighted by Crippen LogP contribution is -2.35. The number of carbonyl (C=O) groups excluding carboxylic acids is 1. The minimum Gasteiger partial charge on any atom is -0.323 e. The molecule has 3 rings (SSSR count). The molecule has 5 nitrogen and oxygen atoms in total. The van der Waals surface area contributed by atoms with E-state index in [9.17, 15) is 13.2 Å². The van der Waals surface area contributed by atoms with E-state index in [2.05, 4.69) is 5.32 Å². The molecule has 1 aromatic heterocycles. The second-order valence-corrected chi connectivity index (χ2v) is 9.52. The Hall–Kier alpha value is -1.96. The zero-order valence-electron chi connectivity index (χ0n) is 14.6. The van der Waals surface area contributed by atoms with Gasteiger partial charge in [-0.1, -0.05) is 6.42 Å². The summed E-state index contributed by atoms with van der Waals surface area (Å²) in [5.74, 6) is -0.248. The summed E-state index contributed by atoms with van der Waals surface area (Å²) in [6, 6.07) is 10.3. The van der Waals surface area contributed by atoms with Gasteiger partial charge in [0, 0.05) is 34.6 Å². The molecule has 1 saturated heterocycles. The predicted molar refractivity (Wildman–Crippen MR) is 106 cm³/mol. The molecule has 0 aliphatic carbocycles. The molecular weight excluding hydrogens is 368 g/mol. The first-order valence-electron chi connectivity index (χ1n) is 8.61. The number of aryl methyl sites for hydroxylation is 1. The van der Waals surface area contributed by atoms with Crippen LogP contribution in [0.3, 0.4) is 0 Å². The number of nitrogens with one attached hydrogen (secondary N) is 1. The number of sulfonamides is 1. The van der Waals surface area contributed by atoms with E-state index in [0.717, 1.165) is 24.1 Å². The van der Waals surface area contributed by atoms with Crippen LogP contribution < -0.4 is 5.32 Å². The Morgan fingerprint density at radius 3 is 2.38 bits per heavy atom. The van der Waals surface area contributed by atoms with Gasteiger partial charge < -0.3 is 5.32 Å². The van der Waals surface area contributed by atoms with E-state index >= 15 is 0 Å². The van der Waals surface area contributed by atoms with Crippen LogP contribution in [0.25, 0.3) is 6.08 Å². The first kappa shape index (κ1) is 18.8. The molecular formula is C19H22N2O3S2. The van der Waals surface area contributed by atoms with Crippen molar-refractivity contribution in [2.45, 2.75) is 31.1 Å². The number of nitrogens with zero attached hydrogens (tertiary/aromatic N) is 1. The van der Waals surface area contributed by atoms with Crippen molar-refractivity contribution in [3.8, 4) is 0 Å². The van der Waals surface area contributed by atoms with Gasteiger partial charge in [0.2, 0.25) is 15.9 Å². The van der Waals surface area contributed by atoms with E-state index in [0.29, 0.717) is 18.8 Å². The Morgan fingerprint density at radius 1 is 1.08 bits per heavy atom. The Balaban J connectivity index is 1.63. The zero-order valence-corrected chi connectivity index (χ0v) is 16.3. The van der Waals surface area contributed by atoms with Crippen LogP contribution >= 0.6 is 11.3 Å². The molecule has 0 bridgehead atoms. The number of piperidine rings is 1. The minimum atomic E-state index is -3.44. The first-order chi connectivity index (χ1) is 12.4. The van der Waals surface area contributed by atoms with Crippen LogP contribution in [0.15, 0.2) is 47.4 Å². The fraction of sp³-hybridized carbons (Fsp3) is 0.316. The fourth-order valence-corrected chi connectivity index (χ4v) is 5.15. The third-order valence-electron chi connectivity index (χ3n) is 4.23. The largest absolute Gasteiger partial charge is 0.323 e. The van der Waals surface area contributed by atoms with Gasteiger partial charge in [-0.25, -0.2) is 8.42 Å². The number of hydrogen-bond acceptors (Lipinski definition) is 4. The maximum atomic E-state index is 12.6. The number of thiophene rings is 1. The smallest absolute Gasteiger partial charge is 0.248 e. The Morgan fingerprint density at radius 2 is 1.77 bits per heavy atom. The van der Waals surface area contributed by atoms with Crippen LogP contribution in [0, 0.1) is 6.92 Å². The lowest BCUT2D eigenvalue weighted by molar-refractivity contribution is -0.111. The highest BCUT2D eigenvalue weighted by molar-refractivity contribution is 7.89. The molecule has 0 atom stereocenters. The molecule has 0 unspecified atom stereocenters. The van der Waals surface area contributed by atoms with E-state index in [1.807, 2.05) is 19.1 Å². The number of hydrogen-bond donors (Lipinski definition) is 1. The average Bonchev–Trinajstić information content (AvgIpc) is 3.06. The highest BCUT2D eigenvalue weighted by atomic mass is 32.2. The molecule has 1 aliphatic heterocycles. The van der Waals surface area contributed by atoms with Crippen LogP contribution in [0.5, 0.6) is 0 Å². The number of benzene rings is 1. The summed E-state index contributed by atoms with van der Waals surface area (Å²) in [4.78, 5) is 14.5. The second kappa shape index (κ2) is 8.16. The van der Waals surface area contributed by atoms with Crippen molar-refractivity contribution in [2.24, 2.45) is 0 Å². The molecule has 138 valence electrons. The number of carbonyl (C=O) groups is 1. The predicted octanol–water partition coefficient (Wildman–Crippen LogP) is 3.88.